The van der Waals surface area contributed by atoms with Crippen LogP contribution in [0.5, 0.6) is 0 Å². The van der Waals surface area contributed by atoms with Crippen molar-refractivity contribution in [3.8, 4) is 0 Å². The van der Waals surface area contributed by atoms with Crippen LogP contribution in [0.25, 0.3) is 0 Å². The van der Waals surface area contributed by atoms with Crippen LogP contribution in [0.2, 0.25) is 0 Å². The molecule has 1 aromatic heterocycles. The fourth-order valence-electron chi connectivity index (χ4n) is 2.95. The monoisotopic (exact) mass is 337 g/mol. The van der Waals surface area contributed by atoms with Crippen LogP contribution in [0, 0.1) is 5.41 Å². The lowest BCUT2D eigenvalue weighted by molar-refractivity contribution is 0.0732. The lowest BCUT2D eigenvalue weighted by Gasteiger charge is -2.42. The first kappa shape index (κ1) is 18.8. The molecule has 0 atom stereocenters. The molecule has 1 heterocycles. The zero-order valence-corrected chi connectivity index (χ0v) is 15.0. The van der Waals surface area contributed by atoms with Crippen LogP contribution in [0.15, 0.2) is 27.8 Å². The molecule has 0 aliphatic heterocycles. The van der Waals surface area contributed by atoms with Crippen LogP contribution in [0.1, 0.15) is 37.9 Å². The number of methoxy groups -OCH3 is 1. The zero-order chi connectivity index (χ0) is 17.1. The molecule has 1 aromatic rings. The predicted octanol–water partition coefficient (Wildman–Crippen LogP) is 2.56. The van der Waals surface area contributed by atoms with Crippen LogP contribution < -0.4 is 10.6 Å². The van der Waals surface area contributed by atoms with Crippen molar-refractivity contribution in [2.45, 2.75) is 38.7 Å². The average molecular weight is 337 g/mol. The first-order chi connectivity index (χ1) is 11.8. The Balaban J connectivity index is 1.55. The number of rotatable bonds is 11. The van der Waals surface area contributed by atoms with Gasteiger partial charge in [0.1, 0.15) is 12.4 Å². The van der Waals surface area contributed by atoms with E-state index in [9.17, 15) is 0 Å². The summed E-state index contributed by atoms with van der Waals surface area (Å²) < 4.78 is 16.0. The first-order valence-electron chi connectivity index (χ1n) is 8.82. The minimum absolute atomic E-state index is 0.389. The lowest BCUT2D eigenvalue weighted by atomic mass is 9.67. The van der Waals surface area contributed by atoms with Gasteiger partial charge in [-0.1, -0.05) is 6.42 Å². The molecule has 6 nitrogen and oxygen atoms in total. The standard InChI is InChI=1S/C18H31N3O3/c1-19-17(21-15-18(7-4-8-18)9-13-22-2)20-10-5-11-23-14-16-6-3-12-24-16/h3,6,12H,4-5,7-11,13-15H2,1-2H3,(H2,19,20,21). The largest absolute Gasteiger partial charge is 0.467 e. The van der Waals surface area contributed by atoms with Crippen LogP contribution in [0.3, 0.4) is 0 Å². The van der Waals surface area contributed by atoms with Crippen molar-refractivity contribution in [1.82, 2.24) is 10.6 Å². The summed E-state index contributed by atoms with van der Waals surface area (Å²) in [5, 5.41) is 6.81. The van der Waals surface area contributed by atoms with Gasteiger partial charge < -0.3 is 24.5 Å². The SMILES string of the molecule is CN=C(NCCCOCc1ccco1)NCC1(CCOC)CCC1. The second kappa shape index (κ2) is 10.4. The van der Waals surface area contributed by atoms with Gasteiger partial charge in [-0.2, -0.15) is 0 Å². The van der Waals surface area contributed by atoms with E-state index in [0.717, 1.165) is 44.3 Å². The average Bonchev–Trinajstić information content (AvgIpc) is 3.08. The van der Waals surface area contributed by atoms with E-state index in [2.05, 4.69) is 15.6 Å². The fourth-order valence-corrected chi connectivity index (χ4v) is 2.95. The molecule has 1 saturated carbocycles. The number of nitrogens with one attached hydrogen (secondary N) is 2. The Hall–Kier alpha value is -1.53. The summed E-state index contributed by atoms with van der Waals surface area (Å²) in [5.74, 6) is 1.73. The molecule has 0 radical (unpaired) electrons. The lowest BCUT2D eigenvalue weighted by Crippen LogP contribution is -2.47. The molecule has 2 N–H and O–H groups in total. The maximum absolute atomic E-state index is 5.57. The smallest absolute Gasteiger partial charge is 0.190 e. The Labute approximate surface area is 145 Å². The first-order valence-corrected chi connectivity index (χ1v) is 8.82. The third kappa shape index (κ3) is 6.17. The summed E-state index contributed by atoms with van der Waals surface area (Å²) in [6, 6.07) is 3.79. The third-order valence-corrected chi connectivity index (χ3v) is 4.69. The molecule has 1 aliphatic rings. The Bertz CT molecular complexity index is 470. The Morgan fingerprint density at radius 3 is 2.83 bits per heavy atom. The van der Waals surface area contributed by atoms with Crippen molar-refractivity contribution in [1.29, 1.82) is 0 Å². The van der Waals surface area contributed by atoms with Gasteiger partial charge in [-0.3, -0.25) is 4.99 Å². The highest BCUT2D eigenvalue weighted by Crippen LogP contribution is 2.43. The van der Waals surface area contributed by atoms with E-state index in [1.807, 2.05) is 19.2 Å². The highest BCUT2D eigenvalue weighted by Gasteiger charge is 2.36. The second-order valence-corrected chi connectivity index (χ2v) is 6.43. The molecule has 0 bridgehead atoms. The number of hydrogen-bond donors (Lipinski definition) is 2. The highest BCUT2D eigenvalue weighted by atomic mass is 16.5. The van der Waals surface area contributed by atoms with Gasteiger partial charge in [0.25, 0.3) is 0 Å². The van der Waals surface area contributed by atoms with Gasteiger partial charge in [0, 0.05) is 40.5 Å². The van der Waals surface area contributed by atoms with E-state index >= 15 is 0 Å². The van der Waals surface area contributed by atoms with E-state index < -0.39 is 0 Å². The van der Waals surface area contributed by atoms with Crippen molar-refractivity contribution < 1.29 is 13.9 Å². The third-order valence-electron chi connectivity index (χ3n) is 4.69. The quantitative estimate of drug-likeness (QED) is 0.369. The normalized spacial score (nSPS) is 16.7. The highest BCUT2D eigenvalue weighted by molar-refractivity contribution is 5.79. The summed E-state index contributed by atoms with van der Waals surface area (Å²) in [6.45, 7) is 3.86. The summed E-state index contributed by atoms with van der Waals surface area (Å²) in [4.78, 5) is 4.30. The second-order valence-electron chi connectivity index (χ2n) is 6.43. The molecule has 24 heavy (non-hydrogen) atoms. The van der Waals surface area contributed by atoms with E-state index in [1.54, 1.807) is 13.4 Å². The summed E-state index contributed by atoms with van der Waals surface area (Å²) in [5.41, 5.74) is 0.389. The Morgan fingerprint density at radius 1 is 1.33 bits per heavy atom. The van der Waals surface area contributed by atoms with Crippen molar-refractivity contribution in [3.05, 3.63) is 24.2 Å². The topological polar surface area (TPSA) is 68.0 Å². The summed E-state index contributed by atoms with van der Waals surface area (Å²) in [7, 11) is 3.58. The van der Waals surface area contributed by atoms with E-state index in [4.69, 9.17) is 13.9 Å². The molecular formula is C18H31N3O3. The molecule has 136 valence electrons. The van der Waals surface area contributed by atoms with Crippen molar-refractivity contribution in [3.63, 3.8) is 0 Å². The van der Waals surface area contributed by atoms with Gasteiger partial charge in [0.2, 0.25) is 0 Å². The molecule has 1 fully saturated rings. The fraction of sp³-hybridized carbons (Fsp3) is 0.722. The van der Waals surface area contributed by atoms with Gasteiger partial charge in [-0.05, 0) is 43.2 Å². The van der Waals surface area contributed by atoms with Gasteiger partial charge in [0.05, 0.1) is 6.26 Å². The van der Waals surface area contributed by atoms with Crippen LogP contribution in [0.4, 0.5) is 0 Å². The molecule has 1 aliphatic carbocycles. The van der Waals surface area contributed by atoms with Gasteiger partial charge >= 0.3 is 0 Å². The number of guanidine groups is 1. The minimum Gasteiger partial charge on any atom is -0.467 e. The molecule has 6 heteroatoms. The van der Waals surface area contributed by atoms with Crippen LogP contribution in [-0.2, 0) is 16.1 Å². The maximum Gasteiger partial charge on any atom is 0.190 e. The molecular weight excluding hydrogens is 306 g/mol. The van der Waals surface area contributed by atoms with Crippen molar-refractivity contribution >= 4 is 5.96 Å². The molecule has 0 unspecified atom stereocenters. The molecule has 2 rings (SSSR count). The number of aliphatic imine (C=N–C) groups is 1. The van der Waals surface area contributed by atoms with Crippen molar-refractivity contribution in [2.24, 2.45) is 10.4 Å². The van der Waals surface area contributed by atoms with Gasteiger partial charge in [-0.15, -0.1) is 0 Å². The molecule has 0 amide bonds. The van der Waals surface area contributed by atoms with E-state index in [0.29, 0.717) is 18.6 Å². The van der Waals surface area contributed by atoms with Gasteiger partial charge in [0.15, 0.2) is 5.96 Å². The van der Waals surface area contributed by atoms with E-state index in [1.165, 1.54) is 19.3 Å². The number of hydrogen-bond acceptors (Lipinski definition) is 4. The molecule has 0 spiro atoms. The maximum atomic E-state index is 5.57. The minimum atomic E-state index is 0.389. The molecule has 0 saturated heterocycles. The van der Waals surface area contributed by atoms with Gasteiger partial charge in [-0.25, -0.2) is 0 Å². The zero-order valence-electron chi connectivity index (χ0n) is 15.0. The predicted molar refractivity (Wildman–Crippen MR) is 95.1 cm³/mol. The number of ether oxygens (including phenoxy) is 2. The number of furan rings is 1. The Kier molecular flexibility index (Phi) is 8.12. The molecule has 0 aromatic carbocycles. The van der Waals surface area contributed by atoms with Crippen LogP contribution in [-0.4, -0.2) is 46.4 Å². The number of nitrogens with zero attached hydrogens (tertiary/aromatic N) is 1. The van der Waals surface area contributed by atoms with Crippen LogP contribution >= 0.6 is 0 Å². The summed E-state index contributed by atoms with van der Waals surface area (Å²) >= 11 is 0. The summed E-state index contributed by atoms with van der Waals surface area (Å²) in [6.07, 6.45) is 7.59. The van der Waals surface area contributed by atoms with E-state index in [-0.39, 0.29) is 0 Å². The van der Waals surface area contributed by atoms with Crippen molar-refractivity contribution in [2.75, 3.05) is 40.5 Å². The Morgan fingerprint density at radius 2 is 2.21 bits per heavy atom.